The summed E-state index contributed by atoms with van der Waals surface area (Å²) in [5.74, 6) is 1.09. The number of alkyl halides is 3. The summed E-state index contributed by atoms with van der Waals surface area (Å²) in [7, 11) is 0. The van der Waals surface area contributed by atoms with Crippen molar-refractivity contribution in [2.45, 2.75) is 32.5 Å². The molecule has 1 aliphatic rings. The maximum atomic E-state index is 13.4. The van der Waals surface area contributed by atoms with Gasteiger partial charge in [-0.05, 0) is 31.5 Å². The number of fused-ring (bicyclic) bond motifs is 1. The zero-order valence-electron chi connectivity index (χ0n) is 22.0. The van der Waals surface area contributed by atoms with Gasteiger partial charge in [-0.25, -0.2) is 9.97 Å². The average molecular weight is 572 g/mol. The smallest absolute Gasteiger partial charge is 0.401 e. The van der Waals surface area contributed by atoms with Gasteiger partial charge in [0.25, 0.3) is 0 Å². The van der Waals surface area contributed by atoms with Crippen LogP contribution in [-0.4, -0.2) is 56.8 Å². The van der Waals surface area contributed by atoms with Gasteiger partial charge in [0.15, 0.2) is 0 Å². The van der Waals surface area contributed by atoms with E-state index in [4.69, 9.17) is 21.3 Å². The number of ether oxygens (including phenoxy) is 1. The Morgan fingerprint density at radius 2 is 1.90 bits per heavy atom. The van der Waals surface area contributed by atoms with E-state index in [2.05, 4.69) is 20.6 Å². The highest BCUT2D eigenvalue weighted by molar-refractivity contribution is 6.29. The van der Waals surface area contributed by atoms with E-state index < -0.39 is 12.7 Å². The van der Waals surface area contributed by atoms with Gasteiger partial charge in [-0.15, -0.1) is 0 Å². The third-order valence-corrected chi connectivity index (χ3v) is 6.68. The van der Waals surface area contributed by atoms with Crippen LogP contribution in [0.2, 0.25) is 5.15 Å². The second-order valence-corrected chi connectivity index (χ2v) is 9.77. The maximum absolute atomic E-state index is 13.4. The van der Waals surface area contributed by atoms with E-state index in [-0.39, 0.29) is 19.0 Å². The Labute approximate surface area is 235 Å². The normalized spacial score (nSPS) is 15.5. The summed E-state index contributed by atoms with van der Waals surface area (Å²) in [5, 5.41) is 6.87. The van der Waals surface area contributed by atoms with Gasteiger partial charge in [0.1, 0.15) is 23.0 Å². The SMILES string of the molecule is CCNc1nc(Nc2ccc(-n3cnc(Cl)c3)c(OCC)c2)nc2c1CN(CC(F)(F)F)CC2c1ccccc1. The molecule has 0 saturated heterocycles. The fraction of sp³-hybridized carbons (Fsp3) is 0.321. The molecule has 0 radical (unpaired) electrons. The molecular formula is C28H29ClF3N7O. The number of anilines is 3. The fourth-order valence-electron chi connectivity index (χ4n) is 4.91. The van der Waals surface area contributed by atoms with Crippen LogP contribution in [-0.2, 0) is 6.54 Å². The molecule has 1 atom stereocenters. The van der Waals surface area contributed by atoms with E-state index >= 15 is 0 Å². The van der Waals surface area contributed by atoms with Crippen molar-refractivity contribution in [1.82, 2.24) is 24.4 Å². The van der Waals surface area contributed by atoms with Crippen molar-refractivity contribution in [3.05, 3.63) is 83.0 Å². The Bertz CT molecular complexity index is 1460. The number of imidazole rings is 1. The molecule has 0 aliphatic carbocycles. The van der Waals surface area contributed by atoms with Gasteiger partial charge >= 0.3 is 6.18 Å². The zero-order valence-corrected chi connectivity index (χ0v) is 22.8. The molecule has 0 fully saturated rings. The first kappa shape index (κ1) is 27.7. The number of hydrogen-bond acceptors (Lipinski definition) is 7. The minimum atomic E-state index is -4.31. The van der Waals surface area contributed by atoms with Crippen LogP contribution >= 0.6 is 11.6 Å². The summed E-state index contributed by atoms with van der Waals surface area (Å²) in [5.41, 5.74) is 3.71. The molecule has 5 rings (SSSR count). The highest BCUT2D eigenvalue weighted by Crippen LogP contribution is 2.38. The molecule has 0 bridgehead atoms. The van der Waals surface area contributed by atoms with Gasteiger partial charge in [0, 0.05) is 49.1 Å². The van der Waals surface area contributed by atoms with Crippen LogP contribution < -0.4 is 15.4 Å². The van der Waals surface area contributed by atoms with Crippen molar-refractivity contribution in [3.8, 4) is 11.4 Å². The first-order valence-electron chi connectivity index (χ1n) is 13.0. The number of halogens is 4. The predicted molar refractivity (Wildman–Crippen MR) is 149 cm³/mol. The summed E-state index contributed by atoms with van der Waals surface area (Å²) in [4.78, 5) is 15.0. The third-order valence-electron chi connectivity index (χ3n) is 6.49. The molecule has 4 aromatic rings. The standard InChI is InChI=1S/C28H29ClF3N7O/c1-3-33-26-21-14-38(16-28(30,31)32)13-20(18-8-6-5-7-9-18)25(21)36-27(37-26)35-19-10-11-22(23(12-19)40-4-2)39-15-24(29)34-17-39/h5-12,15,17,20H,3-4,13-14,16H2,1-2H3,(H2,33,35,36,37). The highest BCUT2D eigenvalue weighted by atomic mass is 35.5. The van der Waals surface area contributed by atoms with Crippen LogP contribution in [0, 0.1) is 0 Å². The van der Waals surface area contributed by atoms with Gasteiger partial charge < -0.3 is 19.9 Å². The topological polar surface area (TPSA) is 80.1 Å². The molecule has 2 aromatic heterocycles. The molecule has 2 N–H and O–H groups in total. The summed E-state index contributed by atoms with van der Waals surface area (Å²) in [6.07, 6.45) is -1.02. The van der Waals surface area contributed by atoms with E-state index in [1.54, 1.807) is 17.1 Å². The van der Waals surface area contributed by atoms with Crippen molar-refractivity contribution >= 4 is 29.1 Å². The van der Waals surface area contributed by atoms with Gasteiger partial charge in [-0.2, -0.15) is 18.2 Å². The summed E-state index contributed by atoms with van der Waals surface area (Å²) < 4.78 is 47.9. The quantitative estimate of drug-likeness (QED) is 0.241. The lowest BCUT2D eigenvalue weighted by Gasteiger charge is -2.35. The Balaban J connectivity index is 1.54. The Morgan fingerprint density at radius 3 is 2.58 bits per heavy atom. The van der Waals surface area contributed by atoms with Gasteiger partial charge in [0.2, 0.25) is 5.95 Å². The second-order valence-electron chi connectivity index (χ2n) is 9.38. The molecule has 0 spiro atoms. The molecule has 0 saturated carbocycles. The fourth-order valence-corrected chi connectivity index (χ4v) is 5.06. The molecular weight excluding hydrogens is 543 g/mol. The van der Waals surface area contributed by atoms with E-state index in [1.807, 2.05) is 62.4 Å². The summed E-state index contributed by atoms with van der Waals surface area (Å²) in [6.45, 7) is 4.09. The zero-order chi connectivity index (χ0) is 28.3. The minimum absolute atomic E-state index is 0.0947. The number of hydrogen-bond donors (Lipinski definition) is 2. The lowest BCUT2D eigenvalue weighted by atomic mass is 9.88. The molecule has 12 heteroatoms. The lowest BCUT2D eigenvalue weighted by molar-refractivity contribution is -0.148. The van der Waals surface area contributed by atoms with Crippen LogP contribution in [0.4, 0.5) is 30.6 Å². The Kier molecular flexibility index (Phi) is 8.13. The predicted octanol–water partition coefficient (Wildman–Crippen LogP) is 6.40. The van der Waals surface area contributed by atoms with Crippen LogP contribution in [0.15, 0.2) is 61.1 Å². The highest BCUT2D eigenvalue weighted by Gasteiger charge is 2.37. The van der Waals surface area contributed by atoms with Gasteiger partial charge in [0.05, 0.1) is 24.5 Å². The minimum Gasteiger partial charge on any atom is -0.492 e. The molecule has 8 nitrogen and oxygen atoms in total. The monoisotopic (exact) mass is 571 g/mol. The number of nitrogens with zero attached hydrogens (tertiary/aromatic N) is 5. The van der Waals surface area contributed by atoms with Crippen LogP contribution in [0.5, 0.6) is 5.75 Å². The maximum Gasteiger partial charge on any atom is 0.401 e. The second kappa shape index (κ2) is 11.7. The van der Waals surface area contributed by atoms with Crippen molar-refractivity contribution in [1.29, 1.82) is 0 Å². The van der Waals surface area contributed by atoms with Crippen molar-refractivity contribution in [2.75, 3.05) is 36.9 Å². The van der Waals surface area contributed by atoms with E-state index in [0.717, 1.165) is 11.3 Å². The van der Waals surface area contributed by atoms with Crippen LogP contribution in [0.1, 0.15) is 36.6 Å². The third kappa shape index (κ3) is 6.31. The Morgan fingerprint density at radius 1 is 1.10 bits per heavy atom. The van der Waals surface area contributed by atoms with Crippen LogP contribution in [0.25, 0.3) is 5.69 Å². The first-order valence-corrected chi connectivity index (χ1v) is 13.3. The van der Waals surface area contributed by atoms with E-state index in [1.165, 1.54) is 4.90 Å². The lowest BCUT2D eigenvalue weighted by Crippen LogP contribution is -2.41. The number of benzene rings is 2. The number of rotatable bonds is 9. The van der Waals surface area contributed by atoms with E-state index in [9.17, 15) is 13.2 Å². The average Bonchev–Trinajstić information content (AvgIpc) is 3.35. The number of aromatic nitrogens is 4. The summed E-state index contributed by atoms with van der Waals surface area (Å²) >= 11 is 6.01. The van der Waals surface area contributed by atoms with Crippen molar-refractivity contribution in [2.24, 2.45) is 0 Å². The van der Waals surface area contributed by atoms with Gasteiger partial charge in [-0.1, -0.05) is 41.9 Å². The largest absolute Gasteiger partial charge is 0.492 e. The molecule has 1 aliphatic heterocycles. The molecule has 1 unspecified atom stereocenters. The molecule has 0 amide bonds. The first-order chi connectivity index (χ1) is 19.2. The van der Waals surface area contributed by atoms with Gasteiger partial charge in [-0.3, -0.25) is 4.90 Å². The molecule has 40 heavy (non-hydrogen) atoms. The van der Waals surface area contributed by atoms with Crippen molar-refractivity contribution in [3.63, 3.8) is 0 Å². The molecule has 3 heterocycles. The Hall–Kier alpha value is -3.83. The van der Waals surface area contributed by atoms with E-state index in [0.29, 0.717) is 52.8 Å². The van der Waals surface area contributed by atoms with Crippen LogP contribution in [0.3, 0.4) is 0 Å². The van der Waals surface area contributed by atoms with Crippen molar-refractivity contribution < 1.29 is 17.9 Å². The number of nitrogens with one attached hydrogen (secondary N) is 2. The summed E-state index contributed by atoms with van der Waals surface area (Å²) in [6, 6.07) is 15.1. The molecule has 2 aromatic carbocycles. The molecule has 210 valence electrons.